The van der Waals surface area contributed by atoms with Crippen LogP contribution in [0.15, 0.2) is 34.9 Å². The lowest BCUT2D eigenvalue weighted by atomic mass is 9.92. The van der Waals surface area contributed by atoms with Crippen LogP contribution in [0.4, 0.5) is 0 Å². The smallest absolute Gasteiger partial charge is 0.370 e. The van der Waals surface area contributed by atoms with E-state index in [1.165, 1.54) is 0 Å². The highest BCUT2D eigenvalue weighted by Crippen LogP contribution is 2.26. The van der Waals surface area contributed by atoms with Gasteiger partial charge in [-0.2, -0.15) is 0 Å². The van der Waals surface area contributed by atoms with E-state index in [4.69, 9.17) is 14.9 Å². The van der Waals surface area contributed by atoms with Crippen molar-refractivity contribution in [2.45, 2.75) is 42.2 Å². The minimum atomic E-state index is -4.59. The maximum Gasteiger partial charge on any atom is 0.370 e. The molecule has 1 amide bonds. The Bertz CT molecular complexity index is 1070. The molecule has 8 N–H and O–H groups in total. The standard InChI is InChI=1S/C18H22N2O12S/c1-7(22)19-14-10(5-13(18(28)29)32-16(14)15(25)12(24)6-21)20-33(30,31)8-2-3-11(23)9(4-8)17(26)27/h2-5,10,12,14-16,20-21,23-25H,6H2,1H3,(H,19,22)(H,26,27)(H,28,29)/t10-,12+,14+,15+,16+/m0/s1. The van der Waals surface area contributed by atoms with Crippen molar-refractivity contribution in [3.8, 4) is 5.75 Å². The van der Waals surface area contributed by atoms with Gasteiger partial charge in [0.15, 0.2) is 0 Å². The molecule has 15 heteroatoms. The molecule has 0 aromatic heterocycles. The van der Waals surface area contributed by atoms with Gasteiger partial charge in [-0.25, -0.2) is 22.7 Å². The summed E-state index contributed by atoms with van der Waals surface area (Å²) in [5.41, 5.74) is -0.718. The van der Waals surface area contributed by atoms with Gasteiger partial charge in [0.25, 0.3) is 0 Å². The Hall–Kier alpha value is -3.24. The third kappa shape index (κ3) is 5.96. The Balaban J connectivity index is 2.54. The number of nitrogens with one attached hydrogen (secondary N) is 2. The zero-order chi connectivity index (χ0) is 25.1. The number of carboxylic acid groups (broad SMARTS) is 2. The molecule has 0 saturated heterocycles. The summed E-state index contributed by atoms with van der Waals surface area (Å²) in [6.45, 7) is 0.0921. The van der Waals surface area contributed by atoms with Crippen LogP contribution in [-0.2, 0) is 24.3 Å². The first kappa shape index (κ1) is 26.0. The quantitative estimate of drug-likeness (QED) is 0.177. The molecule has 0 saturated carbocycles. The van der Waals surface area contributed by atoms with Crippen molar-refractivity contribution >= 4 is 27.9 Å². The summed E-state index contributed by atoms with van der Waals surface area (Å²) in [7, 11) is -4.59. The highest BCUT2D eigenvalue weighted by Gasteiger charge is 2.44. The molecule has 1 heterocycles. The van der Waals surface area contributed by atoms with Crippen LogP contribution < -0.4 is 10.0 Å². The molecule has 1 aromatic carbocycles. The maximum absolute atomic E-state index is 12.9. The Morgan fingerprint density at radius 2 is 1.79 bits per heavy atom. The summed E-state index contributed by atoms with van der Waals surface area (Å²) in [5, 5.41) is 59.5. The number of carbonyl (C=O) groups excluding carboxylic acids is 1. The Morgan fingerprint density at radius 3 is 2.30 bits per heavy atom. The topological polar surface area (TPSA) is 240 Å². The van der Waals surface area contributed by atoms with Crippen LogP contribution in [-0.4, -0.2) is 93.9 Å². The Kier molecular flexibility index (Phi) is 7.99. The van der Waals surface area contributed by atoms with Crippen LogP contribution in [0.1, 0.15) is 17.3 Å². The van der Waals surface area contributed by atoms with Gasteiger partial charge >= 0.3 is 11.9 Å². The van der Waals surface area contributed by atoms with Crippen LogP contribution in [0.3, 0.4) is 0 Å². The van der Waals surface area contributed by atoms with E-state index in [9.17, 15) is 43.2 Å². The number of carbonyl (C=O) groups is 3. The number of phenols is 1. The van der Waals surface area contributed by atoms with Gasteiger partial charge in [-0.3, -0.25) is 4.79 Å². The molecule has 0 aliphatic carbocycles. The van der Waals surface area contributed by atoms with Crippen molar-refractivity contribution < 1.29 is 58.2 Å². The lowest BCUT2D eigenvalue weighted by molar-refractivity contribution is -0.146. The second-order valence-electron chi connectivity index (χ2n) is 7.02. The molecule has 182 valence electrons. The lowest BCUT2D eigenvalue weighted by Gasteiger charge is -2.39. The summed E-state index contributed by atoms with van der Waals surface area (Å²) >= 11 is 0. The molecule has 14 nitrogen and oxygen atoms in total. The first-order valence-electron chi connectivity index (χ1n) is 9.23. The van der Waals surface area contributed by atoms with Crippen LogP contribution >= 0.6 is 0 Å². The first-order chi connectivity index (χ1) is 15.3. The number of benzene rings is 1. The van der Waals surface area contributed by atoms with Gasteiger partial charge in [0.05, 0.1) is 23.6 Å². The first-order valence-corrected chi connectivity index (χ1v) is 10.7. The predicted molar refractivity (Wildman–Crippen MR) is 106 cm³/mol. The molecule has 0 fully saturated rings. The van der Waals surface area contributed by atoms with Crippen molar-refractivity contribution in [2.75, 3.05) is 6.61 Å². The van der Waals surface area contributed by atoms with Gasteiger partial charge < -0.3 is 40.7 Å². The van der Waals surface area contributed by atoms with Crippen molar-refractivity contribution in [2.24, 2.45) is 0 Å². The molecule has 1 aliphatic rings. The number of sulfonamides is 1. The minimum absolute atomic E-state index is 0.608. The van der Waals surface area contributed by atoms with E-state index in [1.54, 1.807) is 0 Å². The average Bonchev–Trinajstić information content (AvgIpc) is 2.72. The van der Waals surface area contributed by atoms with Crippen LogP contribution in [0.25, 0.3) is 0 Å². The number of ether oxygens (including phenoxy) is 1. The van der Waals surface area contributed by atoms with Gasteiger partial charge in [0, 0.05) is 6.92 Å². The van der Waals surface area contributed by atoms with Gasteiger partial charge in [-0.05, 0) is 24.3 Å². The second kappa shape index (κ2) is 10.1. The van der Waals surface area contributed by atoms with Crippen LogP contribution in [0.2, 0.25) is 0 Å². The van der Waals surface area contributed by atoms with E-state index in [0.29, 0.717) is 6.07 Å². The summed E-state index contributed by atoms with van der Waals surface area (Å²) in [4.78, 5) is 33.8. The SMILES string of the molecule is CC(=O)N[C@H]1[C@H]([C@H](O)[C@H](O)CO)OC(C(=O)O)=C[C@@H]1NS(=O)(=O)c1ccc(O)c(C(=O)O)c1. The van der Waals surface area contributed by atoms with Gasteiger partial charge in [-0.1, -0.05) is 0 Å². The molecule has 1 aliphatic heterocycles. The molecule has 33 heavy (non-hydrogen) atoms. The fraction of sp³-hybridized carbons (Fsp3) is 0.389. The van der Waals surface area contributed by atoms with Crippen LogP contribution in [0.5, 0.6) is 5.75 Å². The fourth-order valence-electron chi connectivity index (χ4n) is 3.08. The molecule has 1 aromatic rings. The molecule has 0 unspecified atom stereocenters. The number of aliphatic hydroxyl groups excluding tert-OH is 3. The molecule has 2 rings (SSSR count). The largest absolute Gasteiger partial charge is 0.507 e. The summed E-state index contributed by atoms with van der Waals surface area (Å²) in [6, 6.07) is -0.647. The average molecular weight is 490 g/mol. The summed E-state index contributed by atoms with van der Waals surface area (Å²) < 4.78 is 33.0. The molecular weight excluding hydrogens is 468 g/mol. The highest BCUT2D eigenvalue weighted by molar-refractivity contribution is 7.89. The normalized spacial score (nSPS) is 22.4. The number of rotatable bonds is 9. The zero-order valence-electron chi connectivity index (χ0n) is 16.9. The third-order valence-electron chi connectivity index (χ3n) is 4.63. The third-order valence-corrected chi connectivity index (χ3v) is 6.09. The van der Waals surface area contributed by atoms with Crippen molar-refractivity contribution in [1.29, 1.82) is 0 Å². The molecule has 0 radical (unpaired) electrons. The highest BCUT2D eigenvalue weighted by atomic mass is 32.2. The number of aromatic hydroxyl groups is 1. The minimum Gasteiger partial charge on any atom is -0.507 e. The number of amides is 1. The lowest BCUT2D eigenvalue weighted by Crippen LogP contribution is -2.63. The van der Waals surface area contributed by atoms with Gasteiger partial charge in [0.1, 0.15) is 29.6 Å². The zero-order valence-corrected chi connectivity index (χ0v) is 17.8. The Morgan fingerprint density at radius 1 is 1.15 bits per heavy atom. The summed E-state index contributed by atoms with van der Waals surface area (Å²) in [5.74, 6) is -5.52. The Labute approximate surface area is 186 Å². The summed E-state index contributed by atoms with van der Waals surface area (Å²) in [6.07, 6.45) is -4.69. The van der Waals surface area contributed by atoms with Crippen molar-refractivity contribution in [1.82, 2.24) is 10.0 Å². The molecule has 5 atom stereocenters. The number of aliphatic hydroxyl groups is 3. The van der Waals surface area contributed by atoms with E-state index < -0.39 is 86.8 Å². The monoisotopic (exact) mass is 490 g/mol. The van der Waals surface area contributed by atoms with E-state index in [2.05, 4.69) is 10.0 Å². The predicted octanol–water partition coefficient (Wildman–Crippen LogP) is -2.68. The number of carboxylic acids is 2. The van der Waals surface area contributed by atoms with E-state index >= 15 is 0 Å². The maximum atomic E-state index is 12.9. The number of aromatic carboxylic acids is 1. The van der Waals surface area contributed by atoms with E-state index in [-0.39, 0.29) is 0 Å². The van der Waals surface area contributed by atoms with Gasteiger partial charge in [-0.15, -0.1) is 0 Å². The van der Waals surface area contributed by atoms with Crippen LogP contribution in [0, 0.1) is 0 Å². The molecule has 0 spiro atoms. The van der Waals surface area contributed by atoms with Gasteiger partial charge in [0.2, 0.25) is 21.7 Å². The molecular formula is C18H22N2O12S. The number of hydrogen-bond donors (Lipinski definition) is 8. The van der Waals surface area contributed by atoms with Crippen molar-refractivity contribution in [3.05, 3.63) is 35.6 Å². The number of aliphatic carboxylic acids is 1. The van der Waals surface area contributed by atoms with Crippen molar-refractivity contribution in [3.63, 3.8) is 0 Å². The fourth-order valence-corrected chi connectivity index (χ4v) is 4.31. The van der Waals surface area contributed by atoms with E-state index in [1.807, 2.05) is 0 Å². The van der Waals surface area contributed by atoms with E-state index in [0.717, 1.165) is 25.1 Å². The second-order valence-corrected chi connectivity index (χ2v) is 8.73. The molecule has 0 bridgehead atoms. The number of hydrogen-bond acceptors (Lipinski definition) is 10.